The summed E-state index contributed by atoms with van der Waals surface area (Å²) in [5.41, 5.74) is -0.257. The normalized spacial score (nSPS) is 11.2. The minimum Gasteiger partial charge on any atom is -0.481 e. The van der Waals surface area contributed by atoms with Gasteiger partial charge in [0.25, 0.3) is 5.91 Å². The van der Waals surface area contributed by atoms with E-state index in [1.165, 1.54) is 12.1 Å². The van der Waals surface area contributed by atoms with Crippen molar-refractivity contribution in [1.29, 1.82) is 0 Å². The van der Waals surface area contributed by atoms with Crippen molar-refractivity contribution in [3.05, 3.63) is 34.6 Å². The number of hydrogen-bond acceptors (Lipinski definition) is 2. The van der Waals surface area contributed by atoms with E-state index in [9.17, 15) is 14.0 Å². The van der Waals surface area contributed by atoms with Gasteiger partial charge in [0.05, 0.1) is 5.56 Å². The second-order valence-corrected chi connectivity index (χ2v) is 6.12. The quantitative estimate of drug-likeness (QED) is 0.809. The minimum atomic E-state index is -0.838. The van der Waals surface area contributed by atoms with Crippen molar-refractivity contribution in [1.82, 2.24) is 5.32 Å². The highest BCUT2D eigenvalue weighted by Gasteiger charge is 2.20. The van der Waals surface area contributed by atoms with E-state index in [1.807, 2.05) is 13.8 Å². The van der Waals surface area contributed by atoms with Crippen molar-refractivity contribution in [2.75, 3.05) is 6.54 Å². The maximum Gasteiger partial charge on any atom is 0.303 e. The van der Waals surface area contributed by atoms with Gasteiger partial charge < -0.3 is 10.4 Å². The topological polar surface area (TPSA) is 66.4 Å². The lowest BCUT2D eigenvalue weighted by Gasteiger charge is -2.23. The average Bonchev–Trinajstić information content (AvgIpc) is 2.36. The van der Waals surface area contributed by atoms with Crippen LogP contribution in [0.15, 0.2) is 18.2 Å². The highest BCUT2D eigenvalue weighted by molar-refractivity contribution is 6.30. The molecule has 0 saturated carbocycles. The van der Waals surface area contributed by atoms with Crippen molar-refractivity contribution in [2.24, 2.45) is 5.41 Å². The molecule has 0 bridgehead atoms. The lowest BCUT2D eigenvalue weighted by atomic mass is 9.84. The van der Waals surface area contributed by atoms with Gasteiger partial charge in [-0.1, -0.05) is 25.4 Å². The van der Waals surface area contributed by atoms with Crippen LogP contribution in [-0.2, 0) is 4.79 Å². The zero-order chi connectivity index (χ0) is 16.0. The van der Waals surface area contributed by atoms with Crippen LogP contribution >= 0.6 is 11.6 Å². The van der Waals surface area contributed by atoms with Gasteiger partial charge in [-0.3, -0.25) is 9.59 Å². The van der Waals surface area contributed by atoms with E-state index in [4.69, 9.17) is 16.7 Å². The number of nitrogens with one attached hydrogen (secondary N) is 1. The first-order valence-electron chi connectivity index (χ1n) is 6.66. The monoisotopic (exact) mass is 315 g/mol. The van der Waals surface area contributed by atoms with Gasteiger partial charge in [0.15, 0.2) is 0 Å². The third-order valence-corrected chi connectivity index (χ3v) is 3.51. The first-order valence-corrected chi connectivity index (χ1v) is 7.04. The summed E-state index contributed by atoms with van der Waals surface area (Å²) in [4.78, 5) is 22.4. The van der Waals surface area contributed by atoms with E-state index in [0.717, 1.165) is 6.07 Å². The summed E-state index contributed by atoms with van der Waals surface area (Å²) in [6, 6.07) is 3.88. The molecule has 0 fully saturated rings. The van der Waals surface area contributed by atoms with Crippen LogP contribution in [0.1, 0.15) is 43.5 Å². The SMILES string of the molecule is CC(C)(CCNC(=O)c1ccc(Cl)cc1F)CCC(=O)O. The molecule has 0 aliphatic heterocycles. The predicted molar refractivity (Wildman–Crippen MR) is 79.0 cm³/mol. The molecule has 116 valence electrons. The van der Waals surface area contributed by atoms with Crippen LogP contribution in [0.4, 0.5) is 4.39 Å². The van der Waals surface area contributed by atoms with E-state index in [-0.39, 0.29) is 22.4 Å². The Hall–Kier alpha value is -1.62. The fraction of sp³-hybridized carbons (Fsp3) is 0.467. The largest absolute Gasteiger partial charge is 0.481 e. The molecule has 4 nitrogen and oxygen atoms in total. The van der Waals surface area contributed by atoms with Crippen LogP contribution < -0.4 is 5.32 Å². The molecular weight excluding hydrogens is 297 g/mol. The second-order valence-electron chi connectivity index (χ2n) is 5.69. The number of aliphatic carboxylic acids is 1. The molecule has 0 aliphatic rings. The molecule has 1 aromatic rings. The molecule has 0 saturated heterocycles. The molecule has 1 amide bonds. The highest BCUT2D eigenvalue weighted by atomic mass is 35.5. The van der Waals surface area contributed by atoms with Crippen LogP contribution in [0.25, 0.3) is 0 Å². The smallest absolute Gasteiger partial charge is 0.303 e. The van der Waals surface area contributed by atoms with Crippen molar-refractivity contribution in [3.63, 3.8) is 0 Å². The standard InChI is InChI=1S/C15H19ClFNO3/c1-15(2,6-5-13(19)20)7-8-18-14(21)11-4-3-10(16)9-12(11)17/h3-4,9H,5-8H2,1-2H3,(H,18,21)(H,19,20). The van der Waals surface area contributed by atoms with E-state index in [0.29, 0.717) is 19.4 Å². The van der Waals surface area contributed by atoms with Gasteiger partial charge in [0, 0.05) is 18.0 Å². The fourth-order valence-corrected chi connectivity index (χ4v) is 2.01. The molecule has 0 atom stereocenters. The first kappa shape index (κ1) is 17.4. The van der Waals surface area contributed by atoms with Crippen molar-refractivity contribution < 1.29 is 19.1 Å². The summed E-state index contributed by atoms with van der Waals surface area (Å²) >= 11 is 5.63. The Balaban J connectivity index is 2.48. The molecule has 0 unspecified atom stereocenters. The molecule has 0 radical (unpaired) electrons. The second kappa shape index (κ2) is 7.41. The Bertz CT molecular complexity index is 532. The average molecular weight is 316 g/mol. The summed E-state index contributed by atoms with van der Waals surface area (Å²) < 4.78 is 13.6. The molecule has 0 spiro atoms. The van der Waals surface area contributed by atoms with E-state index < -0.39 is 17.7 Å². The van der Waals surface area contributed by atoms with Gasteiger partial charge in [0.1, 0.15) is 5.82 Å². The van der Waals surface area contributed by atoms with E-state index in [1.54, 1.807) is 0 Å². The lowest BCUT2D eigenvalue weighted by molar-refractivity contribution is -0.137. The molecule has 2 N–H and O–H groups in total. The Morgan fingerprint density at radius 1 is 1.33 bits per heavy atom. The number of carbonyl (C=O) groups excluding carboxylic acids is 1. The fourth-order valence-electron chi connectivity index (χ4n) is 1.85. The number of carboxylic acid groups (broad SMARTS) is 1. The summed E-state index contributed by atoms with van der Waals surface area (Å²) in [6.45, 7) is 4.23. The van der Waals surface area contributed by atoms with Crippen LogP contribution in [0.5, 0.6) is 0 Å². The Kier molecular flexibility index (Phi) is 6.15. The number of hydrogen-bond donors (Lipinski definition) is 2. The van der Waals surface area contributed by atoms with Crippen LogP contribution in [-0.4, -0.2) is 23.5 Å². The molecule has 1 aromatic carbocycles. The zero-order valence-electron chi connectivity index (χ0n) is 12.1. The maximum absolute atomic E-state index is 13.6. The van der Waals surface area contributed by atoms with Gasteiger partial charge in [-0.2, -0.15) is 0 Å². The van der Waals surface area contributed by atoms with Crippen molar-refractivity contribution in [2.45, 2.75) is 33.1 Å². The van der Waals surface area contributed by atoms with Crippen LogP contribution in [0.2, 0.25) is 5.02 Å². The van der Waals surface area contributed by atoms with E-state index in [2.05, 4.69) is 5.32 Å². The number of halogens is 2. The van der Waals surface area contributed by atoms with E-state index >= 15 is 0 Å². The molecule has 6 heteroatoms. The molecule has 1 rings (SSSR count). The van der Waals surface area contributed by atoms with Gasteiger partial charge in [-0.15, -0.1) is 0 Å². The minimum absolute atomic E-state index is 0.0530. The summed E-state index contributed by atoms with van der Waals surface area (Å²) in [5, 5.41) is 11.5. The Labute approximate surface area is 128 Å². The number of amides is 1. The van der Waals surface area contributed by atoms with Gasteiger partial charge in [-0.25, -0.2) is 4.39 Å². The zero-order valence-corrected chi connectivity index (χ0v) is 12.8. The Morgan fingerprint density at radius 2 is 2.00 bits per heavy atom. The Morgan fingerprint density at radius 3 is 2.57 bits per heavy atom. The molecule has 0 heterocycles. The number of carbonyl (C=O) groups is 2. The summed E-state index contributed by atoms with van der Waals surface area (Å²) in [6.07, 6.45) is 1.22. The summed E-state index contributed by atoms with van der Waals surface area (Å²) in [7, 11) is 0. The van der Waals surface area contributed by atoms with Gasteiger partial charge >= 0.3 is 5.97 Å². The number of rotatable bonds is 7. The van der Waals surface area contributed by atoms with Gasteiger partial charge in [0.2, 0.25) is 0 Å². The maximum atomic E-state index is 13.6. The number of benzene rings is 1. The van der Waals surface area contributed by atoms with Crippen molar-refractivity contribution in [3.8, 4) is 0 Å². The molecular formula is C15H19ClFNO3. The van der Waals surface area contributed by atoms with Crippen molar-refractivity contribution >= 4 is 23.5 Å². The third-order valence-electron chi connectivity index (χ3n) is 3.28. The summed E-state index contributed by atoms with van der Waals surface area (Å²) in [5.74, 6) is -2.00. The van der Waals surface area contributed by atoms with Crippen LogP contribution in [0.3, 0.4) is 0 Å². The third kappa shape index (κ3) is 6.12. The lowest BCUT2D eigenvalue weighted by Crippen LogP contribution is -2.29. The first-order chi connectivity index (χ1) is 9.71. The highest BCUT2D eigenvalue weighted by Crippen LogP contribution is 2.26. The molecule has 0 aromatic heterocycles. The van der Waals surface area contributed by atoms with Crippen LogP contribution in [0, 0.1) is 11.2 Å². The molecule has 0 aliphatic carbocycles. The number of carboxylic acids is 1. The predicted octanol–water partition coefficient (Wildman–Crippen LogP) is 3.49. The molecule has 21 heavy (non-hydrogen) atoms. The van der Waals surface area contributed by atoms with Gasteiger partial charge in [-0.05, 0) is 36.5 Å².